The SMILES string of the molecule is CCCN(CC(=O)Nc1cccc(C(=O)N(CC)CC)c1)C1CCN(C(=O)c2ccccc2)CC1. The van der Waals surface area contributed by atoms with Gasteiger partial charge in [-0.05, 0) is 70.0 Å². The summed E-state index contributed by atoms with van der Waals surface area (Å²) in [6, 6.07) is 16.8. The third-order valence-electron chi connectivity index (χ3n) is 6.59. The maximum absolute atomic E-state index is 12.9. The van der Waals surface area contributed by atoms with Gasteiger partial charge in [-0.25, -0.2) is 0 Å². The zero-order chi connectivity index (χ0) is 25.2. The number of likely N-dealkylation sites (tertiary alicyclic amines) is 1. The molecule has 188 valence electrons. The Balaban J connectivity index is 1.57. The molecule has 0 unspecified atom stereocenters. The molecule has 7 nitrogen and oxygen atoms in total. The summed E-state index contributed by atoms with van der Waals surface area (Å²) in [5.41, 5.74) is 1.93. The molecule has 1 aliphatic heterocycles. The smallest absolute Gasteiger partial charge is 0.253 e. The van der Waals surface area contributed by atoms with Gasteiger partial charge in [-0.1, -0.05) is 31.2 Å². The van der Waals surface area contributed by atoms with Crippen molar-refractivity contribution in [2.45, 2.75) is 46.1 Å². The highest BCUT2D eigenvalue weighted by molar-refractivity contribution is 5.97. The zero-order valence-corrected chi connectivity index (χ0v) is 21.2. The number of carbonyl (C=O) groups excluding carboxylic acids is 3. The summed E-state index contributed by atoms with van der Waals surface area (Å²) < 4.78 is 0. The van der Waals surface area contributed by atoms with Crippen LogP contribution in [-0.2, 0) is 4.79 Å². The fourth-order valence-corrected chi connectivity index (χ4v) is 4.68. The van der Waals surface area contributed by atoms with Gasteiger partial charge in [0.05, 0.1) is 6.54 Å². The minimum absolute atomic E-state index is 0.0319. The van der Waals surface area contributed by atoms with Crippen molar-refractivity contribution in [2.24, 2.45) is 0 Å². The van der Waals surface area contributed by atoms with Gasteiger partial charge >= 0.3 is 0 Å². The average Bonchev–Trinajstić information content (AvgIpc) is 2.89. The molecule has 0 aromatic heterocycles. The highest BCUT2D eigenvalue weighted by Gasteiger charge is 2.28. The summed E-state index contributed by atoms with van der Waals surface area (Å²) in [5, 5.41) is 2.97. The van der Waals surface area contributed by atoms with Crippen LogP contribution >= 0.6 is 0 Å². The van der Waals surface area contributed by atoms with Crippen molar-refractivity contribution >= 4 is 23.4 Å². The van der Waals surface area contributed by atoms with E-state index in [2.05, 4.69) is 17.1 Å². The number of nitrogens with zero attached hydrogens (tertiary/aromatic N) is 3. The molecule has 1 heterocycles. The zero-order valence-electron chi connectivity index (χ0n) is 21.2. The second-order valence-corrected chi connectivity index (χ2v) is 8.97. The van der Waals surface area contributed by atoms with E-state index < -0.39 is 0 Å². The van der Waals surface area contributed by atoms with Crippen LogP contribution in [0.4, 0.5) is 5.69 Å². The number of piperidine rings is 1. The molecular weight excluding hydrogens is 440 g/mol. The van der Waals surface area contributed by atoms with Crippen LogP contribution < -0.4 is 5.32 Å². The minimum Gasteiger partial charge on any atom is -0.339 e. The third-order valence-corrected chi connectivity index (χ3v) is 6.59. The highest BCUT2D eigenvalue weighted by atomic mass is 16.2. The van der Waals surface area contributed by atoms with E-state index in [0.717, 1.165) is 31.4 Å². The molecule has 0 saturated carbocycles. The molecule has 3 amide bonds. The second kappa shape index (κ2) is 13.0. The van der Waals surface area contributed by atoms with Crippen LogP contribution in [0.1, 0.15) is 60.7 Å². The van der Waals surface area contributed by atoms with E-state index in [1.807, 2.05) is 55.1 Å². The van der Waals surface area contributed by atoms with Gasteiger partial charge < -0.3 is 15.1 Å². The highest BCUT2D eigenvalue weighted by Crippen LogP contribution is 2.20. The van der Waals surface area contributed by atoms with E-state index in [1.54, 1.807) is 23.1 Å². The number of hydrogen-bond acceptors (Lipinski definition) is 4. The lowest BCUT2D eigenvalue weighted by Gasteiger charge is -2.38. The molecule has 0 atom stereocenters. The van der Waals surface area contributed by atoms with Gasteiger partial charge in [0.25, 0.3) is 11.8 Å². The van der Waals surface area contributed by atoms with E-state index in [4.69, 9.17) is 0 Å². The topological polar surface area (TPSA) is 73.0 Å². The first-order valence-corrected chi connectivity index (χ1v) is 12.7. The van der Waals surface area contributed by atoms with Crippen molar-refractivity contribution in [3.63, 3.8) is 0 Å². The Kier molecular flexibility index (Phi) is 9.85. The Labute approximate surface area is 209 Å². The third kappa shape index (κ3) is 7.15. The van der Waals surface area contributed by atoms with Crippen molar-refractivity contribution in [2.75, 3.05) is 44.6 Å². The maximum Gasteiger partial charge on any atom is 0.253 e. The molecule has 0 aliphatic carbocycles. The van der Waals surface area contributed by atoms with E-state index in [1.165, 1.54) is 0 Å². The van der Waals surface area contributed by atoms with Crippen LogP contribution in [0, 0.1) is 0 Å². The fraction of sp³-hybridized carbons (Fsp3) is 0.464. The Morgan fingerprint density at radius 2 is 1.57 bits per heavy atom. The summed E-state index contributed by atoms with van der Waals surface area (Å²) >= 11 is 0. The minimum atomic E-state index is -0.0892. The summed E-state index contributed by atoms with van der Waals surface area (Å²) in [5.74, 6) is -0.0489. The molecule has 1 N–H and O–H groups in total. The van der Waals surface area contributed by atoms with Gasteiger partial charge in [0, 0.05) is 49.0 Å². The maximum atomic E-state index is 12.9. The lowest BCUT2D eigenvalue weighted by atomic mass is 10.0. The molecule has 0 bridgehead atoms. The van der Waals surface area contributed by atoms with Crippen LogP contribution in [0.25, 0.3) is 0 Å². The van der Waals surface area contributed by atoms with Gasteiger partial charge in [0.15, 0.2) is 0 Å². The van der Waals surface area contributed by atoms with Gasteiger partial charge in [-0.3, -0.25) is 19.3 Å². The summed E-state index contributed by atoms with van der Waals surface area (Å²) in [7, 11) is 0. The molecule has 0 spiro atoms. The van der Waals surface area contributed by atoms with Gasteiger partial charge in [0.2, 0.25) is 5.91 Å². The van der Waals surface area contributed by atoms with Crippen molar-refractivity contribution in [1.29, 1.82) is 0 Å². The number of carbonyl (C=O) groups is 3. The van der Waals surface area contributed by atoms with Crippen LogP contribution in [0.15, 0.2) is 54.6 Å². The standard InChI is InChI=1S/C28H38N4O3/c1-4-17-32(25-15-18-31(19-16-25)27(34)22-11-8-7-9-12-22)21-26(33)29-24-14-10-13-23(20-24)28(35)30(5-2)6-3/h7-14,20,25H,4-6,15-19,21H2,1-3H3,(H,29,33). The Morgan fingerprint density at radius 3 is 2.20 bits per heavy atom. The summed E-state index contributed by atoms with van der Waals surface area (Å²) in [6.07, 6.45) is 2.64. The van der Waals surface area contributed by atoms with Crippen molar-refractivity contribution in [3.8, 4) is 0 Å². The number of benzene rings is 2. The number of anilines is 1. The first-order valence-electron chi connectivity index (χ1n) is 12.7. The average molecular weight is 479 g/mol. The molecular formula is C28H38N4O3. The monoisotopic (exact) mass is 478 g/mol. The first-order chi connectivity index (χ1) is 17.0. The molecule has 35 heavy (non-hydrogen) atoms. The van der Waals surface area contributed by atoms with E-state index >= 15 is 0 Å². The van der Waals surface area contributed by atoms with Crippen LogP contribution in [0.5, 0.6) is 0 Å². The summed E-state index contributed by atoms with van der Waals surface area (Å²) in [4.78, 5) is 44.2. The molecule has 3 rings (SSSR count). The number of hydrogen-bond donors (Lipinski definition) is 1. The largest absolute Gasteiger partial charge is 0.339 e. The molecule has 2 aromatic carbocycles. The normalized spacial score (nSPS) is 14.1. The van der Waals surface area contributed by atoms with E-state index in [9.17, 15) is 14.4 Å². The van der Waals surface area contributed by atoms with Crippen LogP contribution in [0.3, 0.4) is 0 Å². The molecule has 0 radical (unpaired) electrons. The van der Waals surface area contributed by atoms with Crippen LogP contribution in [0.2, 0.25) is 0 Å². The van der Waals surface area contributed by atoms with Gasteiger partial charge in [0.1, 0.15) is 0 Å². The molecule has 1 fully saturated rings. The van der Waals surface area contributed by atoms with Gasteiger partial charge in [-0.2, -0.15) is 0 Å². The quantitative estimate of drug-likeness (QED) is 0.558. The fourth-order valence-electron chi connectivity index (χ4n) is 4.68. The predicted octanol–water partition coefficient (Wildman–Crippen LogP) is 4.12. The van der Waals surface area contributed by atoms with Crippen LogP contribution in [-0.4, -0.2) is 77.7 Å². The molecule has 1 saturated heterocycles. The first kappa shape index (κ1) is 26.4. The van der Waals surface area contributed by atoms with Crippen molar-refractivity contribution in [3.05, 3.63) is 65.7 Å². The van der Waals surface area contributed by atoms with Crippen molar-refractivity contribution in [1.82, 2.24) is 14.7 Å². The van der Waals surface area contributed by atoms with Crippen molar-refractivity contribution < 1.29 is 14.4 Å². The predicted molar refractivity (Wildman–Crippen MR) is 140 cm³/mol. The van der Waals surface area contributed by atoms with E-state index in [-0.39, 0.29) is 23.8 Å². The number of nitrogens with one attached hydrogen (secondary N) is 1. The lowest BCUT2D eigenvalue weighted by molar-refractivity contribution is -0.118. The Bertz CT molecular complexity index is 983. The lowest BCUT2D eigenvalue weighted by Crippen LogP contribution is -2.49. The molecule has 2 aromatic rings. The Morgan fingerprint density at radius 1 is 0.914 bits per heavy atom. The second-order valence-electron chi connectivity index (χ2n) is 8.97. The Hall–Kier alpha value is -3.19. The van der Waals surface area contributed by atoms with E-state index in [0.29, 0.717) is 44.0 Å². The molecule has 7 heteroatoms. The number of amides is 3. The number of rotatable bonds is 10. The summed E-state index contributed by atoms with van der Waals surface area (Å²) in [6.45, 7) is 9.81. The van der Waals surface area contributed by atoms with Gasteiger partial charge in [-0.15, -0.1) is 0 Å². The molecule has 1 aliphatic rings.